The number of nitrogens with zero attached hydrogens (tertiary/aromatic N) is 1. The van der Waals surface area contributed by atoms with Gasteiger partial charge in [-0.05, 0) is 63.3 Å². The van der Waals surface area contributed by atoms with Crippen LogP contribution in [0.5, 0.6) is 5.75 Å². The van der Waals surface area contributed by atoms with Crippen LogP contribution in [0.1, 0.15) is 45.4 Å². The molecule has 7 heteroatoms. The second kappa shape index (κ2) is 9.75. The van der Waals surface area contributed by atoms with Crippen molar-refractivity contribution in [2.24, 2.45) is 10.9 Å². The van der Waals surface area contributed by atoms with E-state index in [4.69, 9.17) is 4.74 Å². The van der Waals surface area contributed by atoms with Gasteiger partial charge in [0, 0.05) is 25.0 Å². The van der Waals surface area contributed by atoms with Gasteiger partial charge in [-0.2, -0.15) is 0 Å². The minimum absolute atomic E-state index is 0.0886. The number of aliphatic imine (C=N–C) groups is 1. The molecule has 2 fully saturated rings. The zero-order chi connectivity index (χ0) is 19.9. The van der Waals surface area contributed by atoms with Crippen molar-refractivity contribution in [1.82, 2.24) is 16.0 Å². The van der Waals surface area contributed by atoms with Gasteiger partial charge in [0.25, 0.3) is 0 Å². The number of benzene rings is 1. The third-order valence-corrected chi connectivity index (χ3v) is 5.24. The van der Waals surface area contributed by atoms with E-state index in [0.717, 1.165) is 38.5 Å². The van der Waals surface area contributed by atoms with Crippen LogP contribution in [-0.2, 0) is 4.79 Å². The molecule has 1 aromatic rings. The van der Waals surface area contributed by atoms with Gasteiger partial charge >= 0.3 is 0 Å². The molecule has 0 bridgehead atoms. The Bertz CT molecular complexity index is 675. The molecule has 0 spiro atoms. The van der Waals surface area contributed by atoms with Crippen molar-refractivity contribution in [2.75, 3.05) is 13.6 Å². The number of hydrogen-bond donors (Lipinski definition) is 3. The number of nitrogens with one attached hydrogen (secondary N) is 3. The van der Waals surface area contributed by atoms with E-state index in [1.54, 1.807) is 19.2 Å². The molecule has 0 saturated heterocycles. The molecule has 0 radical (unpaired) electrons. The van der Waals surface area contributed by atoms with E-state index in [2.05, 4.69) is 20.9 Å². The number of carbonyl (C=O) groups excluding carboxylic acids is 1. The van der Waals surface area contributed by atoms with Gasteiger partial charge in [0.15, 0.2) is 5.96 Å². The fraction of sp³-hybridized carbons (Fsp3) is 0.619. The number of guanidine groups is 1. The molecule has 2 saturated carbocycles. The quantitative estimate of drug-likeness (QED) is 0.494. The number of hydrogen-bond acceptors (Lipinski definition) is 3. The van der Waals surface area contributed by atoms with Crippen LogP contribution in [0, 0.1) is 11.7 Å². The maximum absolute atomic E-state index is 13.0. The van der Waals surface area contributed by atoms with Crippen molar-refractivity contribution in [3.05, 3.63) is 30.1 Å². The molecule has 2 aliphatic rings. The van der Waals surface area contributed by atoms with E-state index in [0.29, 0.717) is 24.3 Å². The smallest absolute Gasteiger partial charge is 0.223 e. The lowest BCUT2D eigenvalue weighted by molar-refractivity contribution is -0.126. The van der Waals surface area contributed by atoms with E-state index < -0.39 is 0 Å². The lowest BCUT2D eigenvalue weighted by Gasteiger charge is -2.30. The van der Waals surface area contributed by atoms with E-state index in [9.17, 15) is 9.18 Å². The molecule has 3 atom stereocenters. The van der Waals surface area contributed by atoms with Crippen LogP contribution >= 0.6 is 0 Å². The molecular weight excluding hydrogens is 359 g/mol. The first-order valence-electron chi connectivity index (χ1n) is 10.2. The Kier molecular flexibility index (Phi) is 7.12. The molecule has 0 aliphatic heterocycles. The zero-order valence-electron chi connectivity index (χ0n) is 16.7. The third-order valence-electron chi connectivity index (χ3n) is 5.24. The molecule has 3 N–H and O–H groups in total. The van der Waals surface area contributed by atoms with E-state index in [1.165, 1.54) is 12.1 Å². The van der Waals surface area contributed by atoms with Gasteiger partial charge < -0.3 is 20.7 Å². The molecule has 1 aromatic carbocycles. The fourth-order valence-electron chi connectivity index (χ4n) is 3.52. The summed E-state index contributed by atoms with van der Waals surface area (Å²) in [5, 5.41) is 9.84. The summed E-state index contributed by atoms with van der Waals surface area (Å²) >= 11 is 0. The molecule has 2 aliphatic carbocycles. The normalized spacial score (nSPS) is 23.6. The monoisotopic (exact) mass is 390 g/mol. The molecule has 28 heavy (non-hydrogen) atoms. The summed E-state index contributed by atoms with van der Waals surface area (Å²) in [5.74, 6) is 1.36. The number of carbonyl (C=O) groups is 1. The summed E-state index contributed by atoms with van der Waals surface area (Å²) in [6.07, 6.45) is 6.01. The van der Waals surface area contributed by atoms with Crippen LogP contribution < -0.4 is 20.7 Å². The molecule has 154 valence electrons. The summed E-state index contributed by atoms with van der Waals surface area (Å²) < 4.78 is 18.8. The first kappa shape index (κ1) is 20.4. The Hall–Kier alpha value is -2.31. The molecule has 1 amide bonds. The zero-order valence-corrected chi connectivity index (χ0v) is 16.7. The topological polar surface area (TPSA) is 74.8 Å². The van der Waals surface area contributed by atoms with Crippen molar-refractivity contribution in [3.63, 3.8) is 0 Å². The summed E-state index contributed by atoms with van der Waals surface area (Å²) in [5.41, 5.74) is 0. The van der Waals surface area contributed by atoms with Gasteiger partial charge in [0.05, 0.1) is 6.54 Å². The van der Waals surface area contributed by atoms with Gasteiger partial charge in [-0.15, -0.1) is 0 Å². The second-order valence-electron chi connectivity index (χ2n) is 7.82. The Morgan fingerprint density at radius 1 is 1.18 bits per heavy atom. The van der Waals surface area contributed by atoms with Crippen molar-refractivity contribution >= 4 is 11.9 Å². The standard InChI is InChI=1S/C21H31FN4O2/c1-14(28-19-10-6-16(22)7-11-19)13-24-21(23-2)26-18-5-3-4-15(12-18)20(27)25-17-8-9-17/h6-7,10-11,14-15,17-18H,3-5,8-9,12-13H2,1-2H3,(H,25,27)(H2,23,24,26). The first-order valence-corrected chi connectivity index (χ1v) is 10.2. The van der Waals surface area contributed by atoms with Gasteiger partial charge in [-0.25, -0.2) is 4.39 Å². The van der Waals surface area contributed by atoms with Crippen LogP contribution in [0.15, 0.2) is 29.3 Å². The van der Waals surface area contributed by atoms with Gasteiger partial charge in [-0.3, -0.25) is 9.79 Å². The number of rotatable bonds is 7. The molecule has 6 nitrogen and oxygen atoms in total. The van der Waals surface area contributed by atoms with Crippen LogP contribution in [0.3, 0.4) is 0 Å². The Morgan fingerprint density at radius 2 is 1.93 bits per heavy atom. The number of ether oxygens (including phenoxy) is 1. The maximum Gasteiger partial charge on any atom is 0.223 e. The largest absolute Gasteiger partial charge is 0.489 e. The van der Waals surface area contributed by atoms with Crippen LogP contribution in [0.2, 0.25) is 0 Å². The Balaban J connectivity index is 1.41. The molecule has 3 rings (SSSR count). The van der Waals surface area contributed by atoms with Crippen molar-refractivity contribution in [2.45, 2.75) is 63.6 Å². The second-order valence-corrected chi connectivity index (χ2v) is 7.82. The maximum atomic E-state index is 13.0. The van der Waals surface area contributed by atoms with Crippen LogP contribution in [0.25, 0.3) is 0 Å². The average molecular weight is 391 g/mol. The average Bonchev–Trinajstić information content (AvgIpc) is 3.51. The van der Waals surface area contributed by atoms with Gasteiger partial charge in [0.2, 0.25) is 5.91 Å². The predicted molar refractivity (Wildman–Crippen MR) is 108 cm³/mol. The lowest BCUT2D eigenvalue weighted by atomic mass is 9.85. The molecule has 0 heterocycles. The third kappa shape index (κ3) is 6.39. The highest BCUT2D eigenvalue weighted by Gasteiger charge is 2.31. The van der Waals surface area contributed by atoms with Crippen LogP contribution in [-0.4, -0.2) is 43.6 Å². The van der Waals surface area contributed by atoms with Crippen LogP contribution in [0.4, 0.5) is 4.39 Å². The lowest BCUT2D eigenvalue weighted by Crippen LogP contribution is -2.48. The Morgan fingerprint density at radius 3 is 2.61 bits per heavy atom. The fourth-order valence-corrected chi connectivity index (χ4v) is 3.52. The van der Waals surface area contributed by atoms with Crippen molar-refractivity contribution in [1.29, 1.82) is 0 Å². The van der Waals surface area contributed by atoms with Gasteiger partial charge in [0.1, 0.15) is 17.7 Å². The van der Waals surface area contributed by atoms with E-state index in [1.807, 2.05) is 6.92 Å². The molecule has 3 unspecified atom stereocenters. The SMILES string of the molecule is CN=C(NCC(C)Oc1ccc(F)cc1)NC1CCCC(C(=O)NC2CC2)C1. The molecular formula is C21H31FN4O2. The Labute approximate surface area is 166 Å². The highest BCUT2D eigenvalue weighted by Crippen LogP contribution is 2.26. The van der Waals surface area contributed by atoms with Crippen molar-refractivity contribution < 1.29 is 13.9 Å². The van der Waals surface area contributed by atoms with Crippen molar-refractivity contribution in [3.8, 4) is 5.75 Å². The summed E-state index contributed by atoms with van der Waals surface area (Å²) in [6, 6.07) is 6.66. The minimum atomic E-state index is -0.278. The highest BCUT2D eigenvalue weighted by atomic mass is 19.1. The molecule has 0 aromatic heterocycles. The number of halogens is 1. The summed E-state index contributed by atoms with van der Waals surface area (Å²) in [7, 11) is 1.74. The predicted octanol–water partition coefficient (Wildman–Crippen LogP) is 2.60. The minimum Gasteiger partial charge on any atom is -0.489 e. The summed E-state index contributed by atoms with van der Waals surface area (Å²) in [4.78, 5) is 16.6. The summed E-state index contributed by atoms with van der Waals surface area (Å²) in [6.45, 7) is 2.51. The van der Waals surface area contributed by atoms with E-state index in [-0.39, 0.29) is 29.8 Å². The van der Waals surface area contributed by atoms with E-state index >= 15 is 0 Å². The highest BCUT2D eigenvalue weighted by molar-refractivity contribution is 5.81. The first-order chi connectivity index (χ1) is 13.5. The number of amides is 1. The van der Waals surface area contributed by atoms with Gasteiger partial charge in [-0.1, -0.05) is 6.42 Å².